The third kappa shape index (κ3) is 2.55. The van der Waals surface area contributed by atoms with Crippen LogP contribution in [0.15, 0.2) is 0 Å². The van der Waals surface area contributed by atoms with Crippen LogP contribution in [-0.2, 0) is 0 Å². The Labute approximate surface area is 111 Å². The number of aromatic nitrogens is 2. The van der Waals surface area contributed by atoms with Gasteiger partial charge in [0.2, 0.25) is 0 Å². The topological polar surface area (TPSA) is 40.7 Å². The summed E-state index contributed by atoms with van der Waals surface area (Å²) in [4.78, 5) is 0. The molecule has 3 nitrogen and oxygen atoms in total. The van der Waals surface area contributed by atoms with Crippen LogP contribution in [0.1, 0.15) is 77.5 Å². The summed E-state index contributed by atoms with van der Waals surface area (Å²) in [6.45, 7) is 13.5. The van der Waals surface area contributed by atoms with Crippen molar-refractivity contribution >= 4 is 5.82 Å². The molecule has 1 aliphatic rings. The highest BCUT2D eigenvalue weighted by atomic mass is 15.2. The molecular weight excluding hydrogens is 222 g/mol. The average molecular weight is 249 g/mol. The van der Waals surface area contributed by atoms with E-state index in [4.69, 9.17) is 0 Å². The van der Waals surface area contributed by atoms with Crippen molar-refractivity contribution in [3.8, 4) is 0 Å². The molecule has 0 fully saturated rings. The third-order valence-electron chi connectivity index (χ3n) is 3.91. The van der Waals surface area contributed by atoms with Crippen LogP contribution in [0.2, 0.25) is 0 Å². The molecule has 2 unspecified atom stereocenters. The first-order valence-corrected chi connectivity index (χ1v) is 7.16. The molecule has 1 aromatic rings. The molecule has 0 saturated heterocycles. The maximum Gasteiger partial charge on any atom is 0.151 e. The Bertz CT molecular complexity index is 412. The largest absolute Gasteiger partial charge is 0.364 e. The van der Waals surface area contributed by atoms with Gasteiger partial charge in [-0.2, -0.15) is 5.10 Å². The molecule has 1 heterocycles. The summed E-state index contributed by atoms with van der Waals surface area (Å²) in [5, 5.41) is 11.4. The molecule has 3 heteroatoms. The lowest BCUT2D eigenvalue weighted by molar-refractivity contribution is 0.403. The van der Waals surface area contributed by atoms with E-state index in [-0.39, 0.29) is 5.54 Å². The fraction of sp³-hybridized carbons (Fsp3) is 0.800. The van der Waals surface area contributed by atoms with Crippen molar-refractivity contribution in [2.45, 2.75) is 71.8 Å². The molecule has 1 aliphatic carbocycles. The minimum absolute atomic E-state index is 0.0630. The summed E-state index contributed by atoms with van der Waals surface area (Å²) in [5.74, 6) is 2.99. The van der Waals surface area contributed by atoms with Gasteiger partial charge in [0.05, 0.1) is 0 Å². The van der Waals surface area contributed by atoms with Crippen LogP contribution >= 0.6 is 0 Å². The van der Waals surface area contributed by atoms with Gasteiger partial charge in [-0.15, -0.1) is 0 Å². The van der Waals surface area contributed by atoms with E-state index < -0.39 is 0 Å². The van der Waals surface area contributed by atoms with Crippen molar-refractivity contribution < 1.29 is 0 Å². The van der Waals surface area contributed by atoms with Crippen molar-refractivity contribution in [1.82, 2.24) is 10.2 Å². The van der Waals surface area contributed by atoms with E-state index in [1.165, 1.54) is 24.1 Å². The standard InChI is InChI=1S/C15H27N3/c1-9(2)11-8-7-10(3)12-13(11)17-18-14(12)16-15(4,5)6/h9-11H,7-8H2,1-6H3,(H2,16,17,18). The normalized spacial score (nSPS) is 24.2. The number of aromatic amines is 1. The molecule has 2 rings (SSSR count). The van der Waals surface area contributed by atoms with Gasteiger partial charge < -0.3 is 5.32 Å². The number of nitrogens with zero attached hydrogens (tertiary/aromatic N) is 1. The van der Waals surface area contributed by atoms with E-state index in [0.717, 1.165) is 5.82 Å². The van der Waals surface area contributed by atoms with Crippen molar-refractivity contribution in [2.75, 3.05) is 5.32 Å². The number of fused-ring (bicyclic) bond motifs is 1. The molecule has 0 amide bonds. The molecule has 0 spiro atoms. The first kappa shape index (κ1) is 13.4. The van der Waals surface area contributed by atoms with Crippen LogP contribution in [0.3, 0.4) is 0 Å². The second kappa shape index (κ2) is 4.60. The molecule has 0 aromatic carbocycles. The lowest BCUT2D eigenvalue weighted by atomic mass is 9.76. The van der Waals surface area contributed by atoms with E-state index >= 15 is 0 Å². The van der Waals surface area contributed by atoms with Crippen molar-refractivity contribution in [3.05, 3.63) is 11.3 Å². The van der Waals surface area contributed by atoms with Gasteiger partial charge in [0.15, 0.2) is 5.82 Å². The van der Waals surface area contributed by atoms with Gasteiger partial charge in [0.1, 0.15) is 0 Å². The Morgan fingerprint density at radius 1 is 1.28 bits per heavy atom. The summed E-state index contributed by atoms with van der Waals surface area (Å²) in [5.41, 5.74) is 2.86. The lowest BCUT2D eigenvalue weighted by Gasteiger charge is -2.30. The highest BCUT2D eigenvalue weighted by Crippen LogP contribution is 2.44. The summed E-state index contributed by atoms with van der Waals surface area (Å²) in [7, 11) is 0. The maximum atomic E-state index is 4.53. The molecular formula is C15H27N3. The van der Waals surface area contributed by atoms with Crippen LogP contribution < -0.4 is 5.32 Å². The molecule has 2 N–H and O–H groups in total. The SMILES string of the molecule is CC1CCC(C(C)C)c2[nH]nc(NC(C)(C)C)c21. The summed E-state index contributed by atoms with van der Waals surface area (Å²) in [6.07, 6.45) is 2.55. The number of H-pyrrole nitrogens is 1. The third-order valence-corrected chi connectivity index (χ3v) is 3.91. The van der Waals surface area contributed by atoms with Crippen molar-refractivity contribution in [1.29, 1.82) is 0 Å². The zero-order valence-electron chi connectivity index (χ0n) is 12.6. The van der Waals surface area contributed by atoms with E-state index in [2.05, 4.69) is 57.1 Å². The van der Waals surface area contributed by atoms with E-state index in [9.17, 15) is 0 Å². The molecule has 18 heavy (non-hydrogen) atoms. The highest BCUT2D eigenvalue weighted by molar-refractivity contribution is 5.52. The smallest absolute Gasteiger partial charge is 0.151 e. The second-order valence-corrected chi connectivity index (χ2v) is 7.10. The zero-order chi connectivity index (χ0) is 13.5. The number of hydrogen-bond acceptors (Lipinski definition) is 2. The van der Waals surface area contributed by atoms with Crippen LogP contribution in [0.5, 0.6) is 0 Å². The minimum Gasteiger partial charge on any atom is -0.364 e. The highest BCUT2D eigenvalue weighted by Gasteiger charge is 2.32. The first-order chi connectivity index (χ1) is 8.29. The summed E-state index contributed by atoms with van der Waals surface area (Å²) >= 11 is 0. The molecule has 102 valence electrons. The molecule has 1 aromatic heterocycles. The Hall–Kier alpha value is -0.990. The minimum atomic E-state index is 0.0630. The van der Waals surface area contributed by atoms with E-state index in [1.54, 1.807) is 0 Å². The Kier molecular flexibility index (Phi) is 3.43. The van der Waals surface area contributed by atoms with Crippen LogP contribution in [0.4, 0.5) is 5.82 Å². The molecule has 2 atom stereocenters. The zero-order valence-corrected chi connectivity index (χ0v) is 12.6. The van der Waals surface area contributed by atoms with Gasteiger partial charge in [0, 0.05) is 22.7 Å². The fourth-order valence-electron chi connectivity index (χ4n) is 2.98. The maximum absolute atomic E-state index is 4.53. The lowest BCUT2D eigenvalue weighted by Crippen LogP contribution is -2.27. The van der Waals surface area contributed by atoms with E-state index in [1.807, 2.05) is 0 Å². The van der Waals surface area contributed by atoms with Gasteiger partial charge in [-0.3, -0.25) is 5.10 Å². The van der Waals surface area contributed by atoms with Crippen LogP contribution in [-0.4, -0.2) is 15.7 Å². The quantitative estimate of drug-likeness (QED) is 0.822. The van der Waals surface area contributed by atoms with Gasteiger partial charge in [-0.05, 0) is 45.4 Å². The van der Waals surface area contributed by atoms with Gasteiger partial charge in [0.25, 0.3) is 0 Å². The van der Waals surface area contributed by atoms with E-state index in [0.29, 0.717) is 17.8 Å². The summed E-state index contributed by atoms with van der Waals surface area (Å²) in [6, 6.07) is 0. The first-order valence-electron chi connectivity index (χ1n) is 7.16. The van der Waals surface area contributed by atoms with Crippen LogP contribution in [0.25, 0.3) is 0 Å². The number of nitrogens with one attached hydrogen (secondary N) is 2. The summed E-state index contributed by atoms with van der Waals surface area (Å²) < 4.78 is 0. The fourth-order valence-corrected chi connectivity index (χ4v) is 2.98. The second-order valence-electron chi connectivity index (χ2n) is 7.10. The predicted molar refractivity (Wildman–Crippen MR) is 77.2 cm³/mol. The molecule has 0 aliphatic heterocycles. The Morgan fingerprint density at radius 2 is 1.94 bits per heavy atom. The van der Waals surface area contributed by atoms with Crippen LogP contribution in [0, 0.1) is 5.92 Å². The Morgan fingerprint density at radius 3 is 2.50 bits per heavy atom. The van der Waals surface area contributed by atoms with Crippen molar-refractivity contribution in [3.63, 3.8) is 0 Å². The molecule has 0 radical (unpaired) electrons. The Balaban J connectivity index is 2.36. The van der Waals surface area contributed by atoms with Gasteiger partial charge in [-0.25, -0.2) is 0 Å². The predicted octanol–water partition coefficient (Wildman–Crippen LogP) is 4.26. The monoisotopic (exact) mass is 249 g/mol. The van der Waals surface area contributed by atoms with Gasteiger partial charge in [-0.1, -0.05) is 20.8 Å². The number of anilines is 1. The number of rotatable bonds is 2. The van der Waals surface area contributed by atoms with Crippen molar-refractivity contribution in [2.24, 2.45) is 5.92 Å². The average Bonchev–Trinajstić information content (AvgIpc) is 2.60. The molecule has 0 bridgehead atoms. The number of hydrogen-bond donors (Lipinski definition) is 2. The molecule has 0 saturated carbocycles. The van der Waals surface area contributed by atoms with Gasteiger partial charge >= 0.3 is 0 Å².